The van der Waals surface area contributed by atoms with Crippen molar-refractivity contribution < 1.29 is 14.7 Å². The van der Waals surface area contributed by atoms with E-state index >= 15 is 0 Å². The second kappa shape index (κ2) is 5.52. The Labute approximate surface area is 104 Å². The highest BCUT2D eigenvalue weighted by Gasteiger charge is 2.33. The Bertz CT molecular complexity index is 290. The maximum absolute atomic E-state index is 12.0. The summed E-state index contributed by atoms with van der Waals surface area (Å²) in [5, 5.41) is 11.7. The molecule has 0 aliphatic carbocycles. The van der Waals surface area contributed by atoms with Crippen LogP contribution in [-0.4, -0.2) is 23.0 Å². The Morgan fingerprint density at radius 2 is 1.65 bits per heavy atom. The van der Waals surface area contributed by atoms with Crippen LogP contribution in [0.15, 0.2) is 0 Å². The molecule has 1 atom stereocenters. The average Bonchev–Trinajstić information content (AvgIpc) is 2.14. The van der Waals surface area contributed by atoms with Crippen molar-refractivity contribution in [1.29, 1.82) is 0 Å². The van der Waals surface area contributed by atoms with Crippen molar-refractivity contribution in [1.82, 2.24) is 5.32 Å². The van der Waals surface area contributed by atoms with Gasteiger partial charge in [-0.2, -0.15) is 0 Å². The first-order valence-corrected chi connectivity index (χ1v) is 6.03. The number of carbonyl (C=O) groups is 2. The minimum absolute atomic E-state index is 0.0466. The van der Waals surface area contributed by atoms with Crippen molar-refractivity contribution in [3.8, 4) is 0 Å². The number of carboxylic acids is 1. The van der Waals surface area contributed by atoms with Crippen molar-refractivity contribution in [2.24, 2.45) is 10.8 Å². The zero-order valence-corrected chi connectivity index (χ0v) is 11.8. The lowest BCUT2D eigenvalue weighted by Gasteiger charge is -2.33. The molecule has 0 aliphatic rings. The van der Waals surface area contributed by atoms with Crippen LogP contribution in [-0.2, 0) is 9.59 Å². The van der Waals surface area contributed by atoms with Gasteiger partial charge in [-0.15, -0.1) is 0 Å². The SMILES string of the molecule is CCC(C)(C)C(=O)NC(CC(=O)O)C(C)(C)C. The van der Waals surface area contributed by atoms with Gasteiger partial charge in [0.25, 0.3) is 0 Å². The third-order valence-electron chi connectivity index (χ3n) is 3.23. The summed E-state index contributed by atoms with van der Waals surface area (Å²) in [6, 6.07) is -0.349. The third-order valence-corrected chi connectivity index (χ3v) is 3.23. The summed E-state index contributed by atoms with van der Waals surface area (Å²) in [6.45, 7) is 11.5. The van der Waals surface area contributed by atoms with Gasteiger partial charge < -0.3 is 10.4 Å². The van der Waals surface area contributed by atoms with Crippen LogP contribution in [0.1, 0.15) is 54.4 Å². The standard InChI is InChI=1S/C13H25NO3/c1-7-13(5,6)11(17)14-9(8-10(15)16)12(2,3)4/h9H,7-8H2,1-6H3,(H,14,17)(H,15,16). The van der Waals surface area contributed by atoms with Crippen LogP contribution in [0.4, 0.5) is 0 Å². The van der Waals surface area contributed by atoms with E-state index < -0.39 is 11.4 Å². The van der Waals surface area contributed by atoms with Gasteiger partial charge in [-0.05, 0) is 11.8 Å². The van der Waals surface area contributed by atoms with Gasteiger partial charge in [-0.25, -0.2) is 0 Å². The number of carbonyl (C=O) groups excluding carboxylic acids is 1. The molecule has 100 valence electrons. The molecule has 0 heterocycles. The van der Waals surface area contributed by atoms with E-state index in [1.165, 1.54) is 0 Å². The highest BCUT2D eigenvalue weighted by Crippen LogP contribution is 2.25. The Morgan fingerprint density at radius 3 is 1.94 bits per heavy atom. The van der Waals surface area contributed by atoms with Crippen LogP contribution >= 0.6 is 0 Å². The van der Waals surface area contributed by atoms with Crippen LogP contribution in [0.2, 0.25) is 0 Å². The Hall–Kier alpha value is -1.06. The molecule has 0 aromatic carbocycles. The highest BCUT2D eigenvalue weighted by atomic mass is 16.4. The molecule has 0 radical (unpaired) electrons. The van der Waals surface area contributed by atoms with E-state index in [1.54, 1.807) is 0 Å². The lowest BCUT2D eigenvalue weighted by molar-refractivity contribution is -0.139. The van der Waals surface area contributed by atoms with Crippen LogP contribution in [0.5, 0.6) is 0 Å². The van der Waals surface area contributed by atoms with Gasteiger partial charge >= 0.3 is 5.97 Å². The molecule has 2 N–H and O–H groups in total. The van der Waals surface area contributed by atoms with Gasteiger partial charge in [-0.3, -0.25) is 9.59 Å². The summed E-state index contributed by atoms with van der Waals surface area (Å²) in [4.78, 5) is 22.8. The van der Waals surface area contributed by atoms with Crippen LogP contribution < -0.4 is 5.32 Å². The van der Waals surface area contributed by atoms with E-state index in [0.29, 0.717) is 0 Å². The van der Waals surface area contributed by atoms with Gasteiger partial charge in [0, 0.05) is 11.5 Å². The first kappa shape index (κ1) is 15.9. The zero-order chi connectivity index (χ0) is 13.9. The van der Waals surface area contributed by atoms with Crippen LogP contribution in [0, 0.1) is 10.8 Å². The van der Waals surface area contributed by atoms with Crippen molar-refractivity contribution in [3.63, 3.8) is 0 Å². The summed E-state index contributed by atoms with van der Waals surface area (Å²) in [7, 11) is 0. The molecular weight excluding hydrogens is 218 g/mol. The van der Waals surface area contributed by atoms with E-state index in [4.69, 9.17) is 5.11 Å². The van der Waals surface area contributed by atoms with Crippen LogP contribution in [0.25, 0.3) is 0 Å². The normalized spacial score (nSPS) is 14.2. The number of hydrogen-bond donors (Lipinski definition) is 2. The zero-order valence-electron chi connectivity index (χ0n) is 11.8. The topological polar surface area (TPSA) is 66.4 Å². The summed E-state index contributed by atoms with van der Waals surface area (Å²) < 4.78 is 0. The predicted molar refractivity (Wildman–Crippen MR) is 67.7 cm³/mol. The van der Waals surface area contributed by atoms with E-state index in [1.807, 2.05) is 41.5 Å². The number of rotatable bonds is 5. The number of nitrogens with one attached hydrogen (secondary N) is 1. The Morgan fingerprint density at radius 1 is 1.18 bits per heavy atom. The second-order valence-electron chi connectivity index (χ2n) is 6.23. The van der Waals surface area contributed by atoms with Gasteiger partial charge in [0.1, 0.15) is 0 Å². The summed E-state index contributed by atoms with van der Waals surface area (Å²) >= 11 is 0. The first-order chi connectivity index (χ1) is 7.50. The summed E-state index contributed by atoms with van der Waals surface area (Å²) in [6.07, 6.45) is 0.678. The molecule has 1 unspecified atom stereocenters. The molecule has 0 aliphatic heterocycles. The van der Waals surface area contributed by atoms with E-state index in [0.717, 1.165) is 6.42 Å². The maximum Gasteiger partial charge on any atom is 0.305 e. The smallest absolute Gasteiger partial charge is 0.305 e. The largest absolute Gasteiger partial charge is 0.481 e. The molecular formula is C13H25NO3. The molecule has 0 saturated heterocycles. The van der Waals surface area contributed by atoms with Gasteiger partial charge in [-0.1, -0.05) is 41.5 Å². The molecule has 0 aromatic heterocycles. The van der Waals surface area contributed by atoms with Crippen molar-refractivity contribution in [2.45, 2.75) is 60.4 Å². The maximum atomic E-state index is 12.0. The molecule has 0 rings (SSSR count). The molecule has 0 saturated carbocycles. The number of carboxylic acid groups (broad SMARTS) is 1. The molecule has 4 nitrogen and oxygen atoms in total. The highest BCUT2D eigenvalue weighted by molar-refractivity contribution is 5.82. The average molecular weight is 243 g/mol. The fourth-order valence-electron chi connectivity index (χ4n) is 1.26. The second-order valence-corrected chi connectivity index (χ2v) is 6.23. The third kappa shape index (κ3) is 5.20. The summed E-state index contributed by atoms with van der Waals surface area (Å²) in [5.74, 6) is -0.972. The minimum Gasteiger partial charge on any atom is -0.481 e. The Balaban J connectivity index is 4.77. The van der Waals surface area contributed by atoms with Crippen molar-refractivity contribution in [2.75, 3.05) is 0 Å². The van der Waals surface area contributed by atoms with Crippen LogP contribution in [0.3, 0.4) is 0 Å². The van der Waals surface area contributed by atoms with Gasteiger partial charge in [0.15, 0.2) is 0 Å². The lowest BCUT2D eigenvalue weighted by Crippen LogP contribution is -2.49. The molecule has 0 aromatic rings. The van der Waals surface area contributed by atoms with Gasteiger partial charge in [0.2, 0.25) is 5.91 Å². The molecule has 4 heteroatoms. The van der Waals surface area contributed by atoms with Gasteiger partial charge in [0.05, 0.1) is 6.42 Å². The predicted octanol–water partition coefficient (Wildman–Crippen LogP) is 2.43. The number of amides is 1. The molecule has 0 fully saturated rings. The molecule has 17 heavy (non-hydrogen) atoms. The van der Waals surface area contributed by atoms with E-state index in [2.05, 4.69) is 5.32 Å². The Kier molecular flexibility index (Phi) is 5.17. The quantitative estimate of drug-likeness (QED) is 0.779. The van der Waals surface area contributed by atoms with E-state index in [-0.39, 0.29) is 23.8 Å². The number of hydrogen-bond acceptors (Lipinski definition) is 2. The minimum atomic E-state index is -0.889. The van der Waals surface area contributed by atoms with Crippen molar-refractivity contribution in [3.05, 3.63) is 0 Å². The fraction of sp³-hybridized carbons (Fsp3) is 0.846. The monoisotopic (exact) mass is 243 g/mol. The lowest BCUT2D eigenvalue weighted by atomic mass is 9.82. The molecule has 1 amide bonds. The fourth-order valence-corrected chi connectivity index (χ4v) is 1.26. The number of aliphatic carboxylic acids is 1. The molecule has 0 spiro atoms. The summed E-state index contributed by atoms with van der Waals surface area (Å²) in [5.41, 5.74) is -0.722. The van der Waals surface area contributed by atoms with E-state index in [9.17, 15) is 9.59 Å². The first-order valence-electron chi connectivity index (χ1n) is 6.03. The van der Waals surface area contributed by atoms with Crippen molar-refractivity contribution >= 4 is 11.9 Å². The molecule has 0 bridgehead atoms.